The van der Waals surface area contributed by atoms with Crippen molar-refractivity contribution in [2.75, 3.05) is 39.4 Å². The lowest BCUT2D eigenvalue weighted by atomic mass is 9.87. The molecule has 1 fully saturated rings. The summed E-state index contributed by atoms with van der Waals surface area (Å²) in [5, 5.41) is 2.90. The lowest BCUT2D eigenvalue weighted by Gasteiger charge is -2.28. The number of carbonyl (C=O) groups is 2. The summed E-state index contributed by atoms with van der Waals surface area (Å²) < 4.78 is 10.8. The molecule has 1 amide bonds. The Labute approximate surface area is 168 Å². The van der Waals surface area contributed by atoms with E-state index in [4.69, 9.17) is 9.47 Å². The molecule has 0 aliphatic carbocycles. The molecule has 1 aliphatic rings. The van der Waals surface area contributed by atoms with Crippen LogP contribution in [0.5, 0.6) is 5.75 Å². The highest BCUT2D eigenvalue weighted by molar-refractivity contribution is 5.77. The minimum atomic E-state index is -0.133. The van der Waals surface area contributed by atoms with Crippen LogP contribution in [0.2, 0.25) is 0 Å². The molecule has 1 aliphatic heterocycles. The molecule has 0 radical (unpaired) electrons. The topological polar surface area (TPSA) is 69.1 Å². The summed E-state index contributed by atoms with van der Waals surface area (Å²) in [5.41, 5.74) is 1.38. The minimum Gasteiger partial charge on any atom is -0.492 e. The van der Waals surface area contributed by atoms with E-state index in [1.54, 1.807) is 0 Å². The van der Waals surface area contributed by atoms with Crippen LogP contribution in [0.4, 0.5) is 0 Å². The van der Waals surface area contributed by atoms with Crippen molar-refractivity contribution in [1.29, 1.82) is 0 Å². The highest BCUT2D eigenvalue weighted by Gasteiger charge is 2.30. The van der Waals surface area contributed by atoms with Gasteiger partial charge in [-0.15, -0.1) is 0 Å². The largest absolute Gasteiger partial charge is 0.492 e. The average Bonchev–Trinajstić information content (AvgIpc) is 2.65. The summed E-state index contributed by atoms with van der Waals surface area (Å²) in [6, 6.07) is 8.09. The third kappa shape index (κ3) is 7.15. The molecule has 0 aromatic heterocycles. The van der Waals surface area contributed by atoms with Gasteiger partial charge in [0.25, 0.3) is 5.91 Å². The van der Waals surface area contributed by atoms with Crippen molar-refractivity contribution in [3.63, 3.8) is 0 Å². The fraction of sp³-hybridized carbons (Fsp3) is 0.636. The number of ether oxygens (including phenoxy) is 2. The lowest BCUT2D eigenvalue weighted by Crippen LogP contribution is -3.14. The van der Waals surface area contributed by atoms with Gasteiger partial charge in [-0.1, -0.05) is 32.9 Å². The molecule has 1 saturated heterocycles. The Bertz CT molecular complexity index is 637. The van der Waals surface area contributed by atoms with Gasteiger partial charge in [-0.25, -0.2) is 0 Å². The van der Waals surface area contributed by atoms with E-state index < -0.39 is 0 Å². The van der Waals surface area contributed by atoms with Crippen LogP contribution in [0.3, 0.4) is 0 Å². The Morgan fingerprint density at radius 2 is 1.93 bits per heavy atom. The minimum absolute atomic E-state index is 0.00816. The van der Waals surface area contributed by atoms with Gasteiger partial charge in [-0.05, 0) is 42.9 Å². The summed E-state index contributed by atoms with van der Waals surface area (Å²) in [6.07, 6.45) is 1.80. The van der Waals surface area contributed by atoms with Gasteiger partial charge in [0, 0.05) is 0 Å². The fourth-order valence-corrected chi connectivity index (χ4v) is 3.47. The van der Waals surface area contributed by atoms with E-state index in [-0.39, 0.29) is 23.2 Å². The highest BCUT2D eigenvalue weighted by Crippen LogP contribution is 2.24. The fourth-order valence-electron chi connectivity index (χ4n) is 3.47. The third-order valence-corrected chi connectivity index (χ3v) is 5.06. The van der Waals surface area contributed by atoms with Crippen molar-refractivity contribution in [1.82, 2.24) is 5.32 Å². The molecule has 2 N–H and O–H groups in total. The number of hydrogen-bond donors (Lipinski definition) is 2. The maximum absolute atomic E-state index is 12.2. The van der Waals surface area contributed by atoms with E-state index >= 15 is 0 Å². The van der Waals surface area contributed by atoms with Crippen LogP contribution < -0.4 is 15.0 Å². The number of nitrogens with one attached hydrogen (secondary N) is 2. The van der Waals surface area contributed by atoms with Crippen LogP contribution >= 0.6 is 0 Å². The second-order valence-electron chi connectivity index (χ2n) is 8.44. The van der Waals surface area contributed by atoms with Crippen LogP contribution in [0, 0.1) is 5.92 Å². The highest BCUT2D eigenvalue weighted by atomic mass is 16.5. The number of amides is 1. The first-order valence-electron chi connectivity index (χ1n) is 10.3. The van der Waals surface area contributed by atoms with Gasteiger partial charge < -0.3 is 19.7 Å². The molecule has 6 heteroatoms. The van der Waals surface area contributed by atoms with Crippen LogP contribution in [0.25, 0.3) is 0 Å². The molecule has 0 saturated carbocycles. The van der Waals surface area contributed by atoms with E-state index in [1.807, 2.05) is 19.1 Å². The third-order valence-electron chi connectivity index (χ3n) is 5.06. The van der Waals surface area contributed by atoms with Crippen molar-refractivity contribution in [3.8, 4) is 5.75 Å². The SMILES string of the molecule is CCOC(=O)[C@H]1CCC[NH+](CC(=O)NCCOc2ccc(C(C)(C)C)cc2)C1. The van der Waals surface area contributed by atoms with E-state index in [0.717, 1.165) is 30.0 Å². The number of likely N-dealkylation sites (tertiary alicyclic amines) is 1. The summed E-state index contributed by atoms with van der Waals surface area (Å²) in [6.45, 7) is 11.6. The van der Waals surface area contributed by atoms with Crippen LogP contribution in [-0.4, -0.2) is 51.3 Å². The monoisotopic (exact) mass is 391 g/mol. The van der Waals surface area contributed by atoms with E-state index in [0.29, 0.717) is 32.8 Å². The molecule has 1 aromatic carbocycles. The zero-order chi connectivity index (χ0) is 20.6. The number of piperidine rings is 1. The molecule has 0 bridgehead atoms. The van der Waals surface area contributed by atoms with E-state index in [9.17, 15) is 9.59 Å². The van der Waals surface area contributed by atoms with Crippen LogP contribution in [0.15, 0.2) is 24.3 Å². The van der Waals surface area contributed by atoms with Crippen LogP contribution in [0.1, 0.15) is 46.1 Å². The van der Waals surface area contributed by atoms with Gasteiger partial charge in [0.1, 0.15) is 18.3 Å². The number of esters is 1. The molecule has 1 heterocycles. The maximum Gasteiger partial charge on any atom is 0.314 e. The predicted molar refractivity (Wildman–Crippen MR) is 109 cm³/mol. The molecule has 0 spiro atoms. The van der Waals surface area contributed by atoms with Gasteiger partial charge in [0.05, 0.1) is 26.2 Å². The molecule has 28 heavy (non-hydrogen) atoms. The van der Waals surface area contributed by atoms with Crippen LogP contribution in [-0.2, 0) is 19.7 Å². The Morgan fingerprint density at radius 3 is 2.57 bits per heavy atom. The Morgan fingerprint density at radius 1 is 1.21 bits per heavy atom. The van der Waals surface area contributed by atoms with Gasteiger partial charge in [0.15, 0.2) is 6.54 Å². The second-order valence-corrected chi connectivity index (χ2v) is 8.44. The zero-order valence-electron chi connectivity index (χ0n) is 17.7. The van der Waals surface area contributed by atoms with Gasteiger partial charge in [-0.3, -0.25) is 9.59 Å². The van der Waals surface area contributed by atoms with Gasteiger partial charge in [0.2, 0.25) is 0 Å². The molecule has 6 nitrogen and oxygen atoms in total. The Balaban J connectivity index is 1.66. The number of carbonyl (C=O) groups excluding carboxylic acids is 2. The number of benzene rings is 1. The smallest absolute Gasteiger partial charge is 0.314 e. The summed E-state index contributed by atoms with van der Waals surface area (Å²) in [4.78, 5) is 25.2. The summed E-state index contributed by atoms with van der Waals surface area (Å²) >= 11 is 0. The average molecular weight is 392 g/mol. The van der Waals surface area contributed by atoms with Crippen molar-refractivity contribution >= 4 is 11.9 Å². The first-order chi connectivity index (χ1) is 13.3. The summed E-state index contributed by atoms with van der Waals surface area (Å²) in [7, 11) is 0. The second kappa shape index (κ2) is 10.5. The Kier molecular flexibility index (Phi) is 8.30. The normalized spacial score (nSPS) is 19.7. The molecule has 156 valence electrons. The standard InChI is InChI=1S/C22H34N2O4/c1-5-27-21(26)17-7-6-13-24(15-17)16-20(25)23-12-14-28-19-10-8-18(9-11-19)22(2,3)4/h8-11,17H,5-7,12-16H2,1-4H3,(H,23,25)/p+1/t17-/m0/s1. The molecule has 1 unspecified atom stereocenters. The Hall–Kier alpha value is -2.08. The van der Waals surface area contributed by atoms with Gasteiger partial charge >= 0.3 is 5.97 Å². The quantitative estimate of drug-likeness (QED) is 0.518. The van der Waals surface area contributed by atoms with Crippen molar-refractivity contribution in [2.45, 2.75) is 46.0 Å². The molecule has 1 aromatic rings. The van der Waals surface area contributed by atoms with E-state index in [1.165, 1.54) is 5.56 Å². The lowest BCUT2D eigenvalue weighted by molar-refractivity contribution is -0.899. The number of hydrogen-bond acceptors (Lipinski definition) is 4. The van der Waals surface area contributed by atoms with Gasteiger partial charge in [-0.2, -0.15) is 0 Å². The first kappa shape index (κ1) is 22.2. The zero-order valence-corrected chi connectivity index (χ0v) is 17.7. The van der Waals surface area contributed by atoms with Crippen molar-refractivity contribution < 1.29 is 24.0 Å². The molecule has 2 rings (SSSR count). The molecule has 2 atom stereocenters. The first-order valence-corrected chi connectivity index (χ1v) is 10.3. The van der Waals surface area contributed by atoms with E-state index in [2.05, 4.69) is 38.2 Å². The van der Waals surface area contributed by atoms with Crippen molar-refractivity contribution in [2.24, 2.45) is 5.92 Å². The molecular formula is C22H35N2O4+. The number of rotatable bonds is 8. The number of quaternary nitrogens is 1. The molecular weight excluding hydrogens is 356 g/mol. The maximum atomic E-state index is 12.2. The summed E-state index contributed by atoms with van der Waals surface area (Å²) in [5.74, 6) is 0.578. The predicted octanol–water partition coefficient (Wildman–Crippen LogP) is 1.34. The van der Waals surface area contributed by atoms with Crippen molar-refractivity contribution in [3.05, 3.63) is 29.8 Å².